The van der Waals surface area contributed by atoms with E-state index in [-0.39, 0.29) is 16.1 Å². The van der Waals surface area contributed by atoms with E-state index in [1.807, 2.05) is 0 Å². The topological polar surface area (TPSA) is 101 Å². The van der Waals surface area contributed by atoms with Crippen molar-refractivity contribution in [3.05, 3.63) is 55.9 Å². The van der Waals surface area contributed by atoms with Crippen LogP contribution in [0.5, 0.6) is 0 Å². The second-order valence-electron chi connectivity index (χ2n) is 6.64. The lowest BCUT2D eigenvalue weighted by atomic mass is 10.2. The molecular weight excluding hydrogens is 414 g/mol. The number of rotatable bonds is 7. The van der Waals surface area contributed by atoms with Crippen LogP contribution < -0.4 is 10.9 Å². The molecule has 2 N–H and O–H groups in total. The molecule has 3 rings (SSSR count). The highest BCUT2D eigenvalue weighted by atomic mass is 35.5. The number of nitrogens with zero attached hydrogens (tertiary/aromatic N) is 2. The molecule has 0 atom stereocenters. The molecule has 1 aromatic carbocycles. The van der Waals surface area contributed by atoms with E-state index >= 15 is 0 Å². The van der Waals surface area contributed by atoms with Gasteiger partial charge in [0.05, 0.1) is 27.2 Å². The van der Waals surface area contributed by atoms with Gasteiger partial charge in [0.25, 0.3) is 11.5 Å². The third kappa shape index (κ3) is 4.33. The molecule has 7 nitrogen and oxygen atoms in total. The first kappa shape index (κ1) is 21.0. The summed E-state index contributed by atoms with van der Waals surface area (Å²) in [5.74, 6) is -1.61. The average molecular weight is 434 g/mol. The Bertz CT molecular complexity index is 1150. The van der Waals surface area contributed by atoms with Crippen LogP contribution in [0.4, 0.5) is 5.69 Å². The van der Waals surface area contributed by atoms with Gasteiger partial charge in [-0.25, -0.2) is 9.78 Å². The number of hydrogen-bond acceptors (Lipinski definition) is 5. The maximum absolute atomic E-state index is 12.8. The number of fused-ring (bicyclic) bond motifs is 1. The molecule has 0 unspecified atom stereocenters. The Morgan fingerprint density at radius 2 is 2.07 bits per heavy atom. The third-order valence-electron chi connectivity index (χ3n) is 4.58. The van der Waals surface area contributed by atoms with Gasteiger partial charge >= 0.3 is 5.97 Å². The van der Waals surface area contributed by atoms with Crippen LogP contribution in [0.1, 0.15) is 51.8 Å². The van der Waals surface area contributed by atoms with Gasteiger partial charge in [0.2, 0.25) is 0 Å². The lowest BCUT2D eigenvalue weighted by molar-refractivity contribution is 0.0696. The first-order chi connectivity index (χ1) is 13.8. The van der Waals surface area contributed by atoms with Gasteiger partial charge in [0, 0.05) is 12.2 Å². The summed E-state index contributed by atoms with van der Waals surface area (Å²) < 4.78 is 1.58. The van der Waals surface area contributed by atoms with Crippen molar-refractivity contribution in [2.24, 2.45) is 0 Å². The van der Waals surface area contributed by atoms with Crippen LogP contribution in [-0.2, 0) is 6.54 Å². The first-order valence-corrected chi connectivity index (χ1v) is 10.4. The molecule has 2 heterocycles. The molecule has 3 aromatic rings. The number of benzene rings is 1. The second kappa shape index (κ2) is 8.75. The molecule has 0 saturated carbocycles. The Morgan fingerprint density at radius 1 is 1.31 bits per heavy atom. The number of aromatic carboxylic acids is 1. The minimum atomic E-state index is -1.18. The van der Waals surface area contributed by atoms with Gasteiger partial charge in [0.1, 0.15) is 4.83 Å². The normalized spacial score (nSPS) is 11.0. The van der Waals surface area contributed by atoms with Gasteiger partial charge in [-0.2, -0.15) is 0 Å². The highest BCUT2D eigenvalue weighted by molar-refractivity contribution is 7.20. The number of carbonyl (C=O) groups is 2. The maximum Gasteiger partial charge on any atom is 0.337 e. The molecule has 0 spiro atoms. The van der Waals surface area contributed by atoms with Crippen LogP contribution in [0.15, 0.2) is 29.3 Å². The molecule has 1 amide bonds. The van der Waals surface area contributed by atoms with Crippen LogP contribution >= 0.6 is 22.9 Å². The van der Waals surface area contributed by atoms with E-state index in [0.29, 0.717) is 32.9 Å². The molecular formula is C20H20ClN3O4S. The van der Waals surface area contributed by atoms with E-state index in [1.54, 1.807) is 11.5 Å². The molecule has 0 fully saturated rings. The van der Waals surface area contributed by atoms with Gasteiger partial charge in [-0.05, 0) is 37.1 Å². The number of amides is 1. The predicted molar refractivity (Wildman–Crippen MR) is 115 cm³/mol. The minimum absolute atomic E-state index is 0.0846. The van der Waals surface area contributed by atoms with Crippen molar-refractivity contribution in [1.29, 1.82) is 0 Å². The standard InChI is InChI=1S/C20H20ClN3O4S/c1-3-4-5-8-24-10-22-18-15(19(24)26)11(2)16(29-18)17(25)23-12-6-7-14(21)13(9-12)20(27)28/h6-7,9-10H,3-5,8H2,1-2H3,(H,23,25)(H,27,28). The molecule has 29 heavy (non-hydrogen) atoms. The number of carboxylic acids is 1. The number of nitrogens with one attached hydrogen (secondary N) is 1. The summed E-state index contributed by atoms with van der Waals surface area (Å²) in [6.07, 6.45) is 4.50. The van der Waals surface area contributed by atoms with Crippen molar-refractivity contribution in [2.75, 3.05) is 5.32 Å². The monoisotopic (exact) mass is 433 g/mol. The number of thiophene rings is 1. The van der Waals surface area contributed by atoms with Gasteiger partial charge in [-0.1, -0.05) is 31.4 Å². The average Bonchev–Trinajstić information content (AvgIpc) is 3.02. The highest BCUT2D eigenvalue weighted by Gasteiger charge is 2.20. The van der Waals surface area contributed by atoms with Gasteiger partial charge in [-0.3, -0.25) is 14.2 Å². The fourth-order valence-electron chi connectivity index (χ4n) is 3.02. The number of carbonyl (C=O) groups excluding carboxylic acids is 1. The largest absolute Gasteiger partial charge is 0.478 e. The number of halogens is 1. The lowest BCUT2D eigenvalue weighted by Gasteiger charge is -2.07. The summed E-state index contributed by atoms with van der Waals surface area (Å²) >= 11 is 7.00. The number of carboxylic acid groups (broad SMARTS) is 1. The quantitative estimate of drug-likeness (QED) is 0.532. The summed E-state index contributed by atoms with van der Waals surface area (Å²) in [7, 11) is 0. The van der Waals surface area contributed by atoms with E-state index in [2.05, 4.69) is 17.2 Å². The van der Waals surface area contributed by atoms with Crippen LogP contribution in [0.3, 0.4) is 0 Å². The number of aryl methyl sites for hydroxylation is 2. The van der Waals surface area contributed by atoms with Crippen LogP contribution in [0.2, 0.25) is 5.02 Å². The molecule has 0 aliphatic carbocycles. The van der Waals surface area contributed by atoms with Gasteiger partial charge < -0.3 is 10.4 Å². The summed E-state index contributed by atoms with van der Waals surface area (Å²) in [6, 6.07) is 4.23. The SMILES string of the molecule is CCCCCn1cnc2sc(C(=O)Nc3ccc(Cl)c(C(=O)O)c3)c(C)c2c1=O. The molecule has 0 aliphatic rings. The number of unbranched alkanes of at least 4 members (excludes halogenated alkanes) is 2. The Labute approximate surface area is 176 Å². The van der Waals surface area contributed by atoms with Gasteiger partial charge in [0.15, 0.2) is 0 Å². The smallest absolute Gasteiger partial charge is 0.337 e. The van der Waals surface area contributed by atoms with Crippen molar-refractivity contribution in [2.45, 2.75) is 39.7 Å². The zero-order valence-corrected chi connectivity index (χ0v) is 17.6. The van der Waals surface area contributed by atoms with Crippen LogP contribution in [0, 0.1) is 6.92 Å². The number of anilines is 1. The van der Waals surface area contributed by atoms with Crippen LogP contribution in [-0.4, -0.2) is 26.5 Å². The molecule has 0 saturated heterocycles. The number of hydrogen-bond donors (Lipinski definition) is 2. The van der Waals surface area contributed by atoms with E-state index in [4.69, 9.17) is 11.6 Å². The molecule has 0 bridgehead atoms. The Morgan fingerprint density at radius 3 is 2.76 bits per heavy atom. The molecule has 2 aromatic heterocycles. The predicted octanol–water partition coefficient (Wildman–Crippen LogP) is 4.56. The zero-order valence-electron chi connectivity index (χ0n) is 16.0. The van der Waals surface area contributed by atoms with Crippen molar-refractivity contribution < 1.29 is 14.7 Å². The highest BCUT2D eigenvalue weighted by Crippen LogP contribution is 2.28. The lowest BCUT2D eigenvalue weighted by Crippen LogP contribution is -2.20. The number of aromatic nitrogens is 2. The summed E-state index contributed by atoms with van der Waals surface area (Å²) in [5.41, 5.74) is 0.614. The first-order valence-electron chi connectivity index (χ1n) is 9.16. The van der Waals surface area contributed by atoms with Crippen molar-refractivity contribution in [1.82, 2.24) is 9.55 Å². The molecule has 0 aliphatic heterocycles. The van der Waals surface area contributed by atoms with Crippen molar-refractivity contribution in [3.63, 3.8) is 0 Å². The van der Waals surface area contributed by atoms with Crippen molar-refractivity contribution >= 4 is 50.7 Å². The van der Waals surface area contributed by atoms with E-state index in [1.165, 1.54) is 24.5 Å². The fraction of sp³-hybridized carbons (Fsp3) is 0.300. The van der Waals surface area contributed by atoms with Gasteiger partial charge in [-0.15, -0.1) is 11.3 Å². The van der Waals surface area contributed by atoms with Crippen molar-refractivity contribution in [3.8, 4) is 0 Å². The fourth-order valence-corrected chi connectivity index (χ4v) is 4.25. The Hall–Kier alpha value is -2.71. The molecule has 152 valence electrons. The summed E-state index contributed by atoms with van der Waals surface area (Å²) in [6.45, 7) is 4.41. The maximum atomic E-state index is 12.8. The minimum Gasteiger partial charge on any atom is -0.478 e. The third-order valence-corrected chi connectivity index (χ3v) is 6.11. The molecule has 9 heteroatoms. The van der Waals surface area contributed by atoms with Crippen LogP contribution in [0.25, 0.3) is 10.2 Å². The zero-order chi connectivity index (χ0) is 21.1. The summed E-state index contributed by atoms with van der Waals surface area (Å²) in [4.78, 5) is 42.0. The van der Waals surface area contributed by atoms with E-state index in [0.717, 1.165) is 30.6 Å². The van der Waals surface area contributed by atoms with E-state index in [9.17, 15) is 19.5 Å². The molecule has 0 radical (unpaired) electrons. The Kier molecular flexibility index (Phi) is 6.34. The summed E-state index contributed by atoms with van der Waals surface area (Å²) in [5, 5.41) is 12.4. The Balaban J connectivity index is 1.92. The second-order valence-corrected chi connectivity index (χ2v) is 8.05. The van der Waals surface area contributed by atoms with E-state index < -0.39 is 11.9 Å².